The first-order valence-corrected chi connectivity index (χ1v) is 7.25. The zero-order chi connectivity index (χ0) is 14.4. The van der Waals surface area contributed by atoms with Gasteiger partial charge >= 0.3 is 0 Å². The Bertz CT molecular complexity index is 549. The molecule has 20 heavy (non-hydrogen) atoms. The predicted molar refractivity (Wildman–Crippen MR) is 85.5 cm³/mol. The summed E-state index contributed by atoms with van der Waals surface area (Å²) < 4.78 is 0. The van der Waals surface area contributed by atoms with Gasteiger partial charge in [-0.25, -0.2) is 0 Å². The number of benzene rings is 2. The van der Waals surface area contributed by atoms with Crippen LogP contribution < -0.4 is 11.3 Å². The van der Waals surface area contributed by atoms with Crippen LogP contribution in [-0.4, -0.2) is 6.04 Å². The SMILES string of the molecule is Cc1cccc(CC(CCc2ccccc2C)NN)c1. The lowest BCUT2D eigenvalue weighted by Crippen LogP contribution is -2.37. The third-order valence-corrected chi connectivity index (χ3v) is 3.82. The smallest absolute Gasteiger partial charge is 0.0254 e. The van der Waals surface area contributed by atoms with Crippen molar-refractivity contribution in [3.05, 3.63) is 70.8 Å². The van der Waals surface area contributed by atoms with Crippen molar-refractivity contribution in [3.63, 3.8) is 0 Å². The standard InChI is InChI=1S/C18H24N2/c1-14-6-5-8-16(12-14)13-18(20-19)11-10-17-9-4-3-7-15(17)2/h3-9,12,18,20H,10-11,13,19H2,1-2H3. The minimum atomic E-state index is 0.316. The van der Waals surface area contributed by atoms with Crippen molar-refractivity contribution >= 4 is 0 Å². The molecule has 0 bridgehead atoms. The van der Waals surface area contributed by atoms with Gasteiger partial charge in [-0.1, -0.05) is 54.1 Å². The van der Waals surface area contributed by atoms with E-state index in [0.717, 1.165) is 19.3 Å². The van der Waals surface area contributed by atoms with Crippen LogP contribution in [0.3, 0.4) is 0 Å². The molecule has 0 radical (unpaired) electrons. The molecule has 2 aromatic carbocycles. The van der Waals surface area contributed by atoms with E-state index in [-0.39, 0.29) is 0 Å². The molecular weight excluding hydrogens is 244 g/mol. The number of aryl methyl sites for hydroxylation is 3. The van der Waals surface area contributed by atoms with Crippen molar-refractivity contribution in [2.45, 2.75) is 39.2 Å². The molecule has 1 atom stereocenters. The Morgan fingerprint density at radius 1 is 1.05 bits per heavy atom. The largest absolute Gasteiger partial charge is 0.271 e. The highest BCUT2D eigenvalue weighted by Crippen LogP contribution is 2.13. The molecule has 2 nitrogen and oxygen atoms in total. The Morgan fingerprint density at radius 3 is 2.55 bits per heavy atom. The average molecular weight is 268 g/mol. The van der Waals surface area contributed by atoms with Crippen LogP contribution in [0.4, 0.5) is 0 Å². The summed E-state index contributed by atoms with van der Waals surface area (Å²) in [6.45, 7) is 4.29. The molecule has 0 spiro atoms. The molecule has 2 aromatic rings. The molecule has 2 heteroatoms. The van der Waals surface area contributed by atoms with E-state index in [1.54, 1.807) is 0 Å². The first-order valence-electron chi connectivity index (χ1n) is 7.25. The predicted octanol–water partition coefficient (Wildman–Crippen LogP) is 3.31. The molecule has 0 aliphatic rings. The van der Waals surface area contributed by atoms with Crippen LogP contribution in [0.1, 0.15) is 28.7 Å². The van der Waals surface area contributed by atoms with Crippen molar-refractivity contribution in [1.82, 2.24) is 5.43 Å². The van der Waals surface area contributed by atoms with Gasteiger partial charge in [0.2, 0.25) is 0 Å². The Labute approximate surface area is 122 Å². The molecule has 0 amide bonds. The minimum absolute atomic E-state index is 0.316. The lowest BCUT2D eigenvalue weighted by atomic mass is 9.97. The fraction of sp³-hybridized carbons (Fsp3) is 0.333. The van der Waals surface area contributed by atoms with Crippen LogP contribution in [-0.2, 0) is 12.8 Å². The third-order valence-electron chi connectivity index (χ3n) is 3.82. The highest BCUT2D eigenvalue weighted by atomic mass is 15.2. The maximum Gasteiger partial charge on any atom is 0.0254 e. The summed E-state index contributed by atoms with van der Waals surface area (Å²) in [6, 6.07) is 17.5. The summed E-state index contributed by atoms with van der Waals surface area (Å²) >= 11 is 0. The zero-order valence-corrected chi connectivity index (χ0v) is 12.4. The topological polar surface area (TPSA) is 38.0 Å². The van der Waals surface area contributed by atoms with Gasteiger partial charge in [0.1, 0.15) is 0 Å². The van der Waals surface area contributed by atoms with Crippen molar-refractivity contribution < 1.29 is 0 Å². The fourth-order valence-corrected chi connectivity index (χ4v) is 2.59. The molecular formula is C18H24N2. The van der Waals surface area contributed by atoms with Crippen molar-refractivity contribution in [1.29, 1.82) is 0 Å². The van der Waals surface area contributed by atoms with E-state index in [2.05, 4.69) is 67.8 Å². The van der Waals surface area contributed by atoms with Crippen molar-refractivity contribution in [3.8, 4) is 0 Å². The first kappa shape index (κ1) is 14.8. The van der Waals surface area contributed by atoms with E-state index >= 15 is 0 Å². The van der Waals surface area contributed by atoms with Gasteiger partial charge in [0.05, 0.1) is 0 Å². The molecule has 2 rings (SSSR count). The molecule has 0 heterocycles. The van der Waals surface area contributed by atoms with Gasteiger partial charge < -0.3 is 0 Å². The molecule has 0 aliphatic heterocycles. The second kappa shape index (κ2) is 7.22. The van der Waals surface area contributed by atoms with Crippen LogP contribution >= 0.6 is 0 Å². The Kier molecular flexibility index (Phi) is 5.33. The van der Waals surface area contributed by atoms with Crippen LogP contribution in [0.15, 0.2) is 48.5 Å². The van der Waals surface area contributed by atoms with E-state index in [0.29, 0.717) is 6.04 Å². The normalized spacial score (nSPS) is 12.3. The van der Waals surface area contributed by atoms with E-state index in [4.69, 9.17) is 5.84 Å². The Hall–Kier alpha value is -1.64. The molecule has 0 saturated carbocycles. The second-order valence-electron chi connectivity index (χ2n) is 5.52. The van der Waals surface area contributed by atoms with Gasteiger partial charge in [-0.05, 0) is 49.8 Å². The highest BCUT2D eigenvalue weighted by Gasteiger charge is 2.09. The van der Waals surface area contributed by atoms with Crippen molar-refractivity contribution in [2.75, 3.05) is 0 Å². The van der Waals surface area contributed by atoms with E-state index in [9.17, 15) is 0 Å². The molecule has 106 valence electrons. The second-order valence-corrected chi connectivity index (χ2v) is 5.52. The summed E-state index contributed by atoms with van der Waals surface area (Å²) in [4.78, 5) is 0. The van der Waals surface area contributed by atoms with Crippen LogP contribution in [0.2, 0.25) is 0 Å². The van der Waals surface area contributed by atoms with E-state index in [1.807, 2.05) is 0 Å². The number of hydrazine groups is 1. The Morgan fingerprint density at radius 2 is 1.85 bits per heavy atom. The van der Waals surface area contributed by atoms with Gasteiger partial charge in [-0.2, -0.15) is 0 Å². The quantitative estimate of drug-likeness (QED) is 0.623. The molecule has 0 fully saturated rings. The van der Waals surface area contributed by atoms with Gasteiger partial charge in [0.15, 0.2) is 0 Å². The lowest BCUT2D eigenvalue weighted by Gasteiger charge is -2.17. The van der Waals surface area contributed by atoms with E-state index in [1.165, 1.54) is 22.3 Å². The first-order chi connectivity index (χ1) is 9.69. The zero-order valence-electron chi connectivity index (χ0n) is 12.4. The lowest BCUT2D eigenvalue weighted by molar-refractivity contribution is 0.491. The Balaban J connectivity index is 1.94. The van der Waals surface area contributed by atoms with E-state index < -0.39 is 0 Å². The fourth-order valence-electron chi connectivity index (χ4n) is 2.59. The summed E-state index contributed by atoms with van der Waals surface area (Å²) in [7, 11) is 0. The van der Waals surface area contributed by atoms with Gasteiger partial charge in [0.25, 0.3) is 0 Å². The highest BCUT2D eigenvalue weighted by molar-refractivity contribution is 5.26. The molecule has 1 unspecified atom stereocenters. The maximum absolute atomic E-state index is 5.71. The summed E-state index contributed by atoms with van der Waals surface area (Å²) in [5.41, 5.74) is 8.38. The minimum Gasteiger partial charge on any atom is -0.271 e. The van der Waals surface area contributed by atoms with Crippen molar-refractivity contribution in [2.24, 2.45) is 5.84 Å². The molecule has 3 N–H and O–H groups in total. The number of nitrogens with two attached hydrogens (primary N) is 1. The summed E-state index contributed by atoms with van der Waals surface area (Å²) in [5, 5.41) is 0. The third kappa shape index (κ3) is 4.19. The molecule has 0 saturated heterocycles. The van der Waals surface area contributed by atoms with Gasteiger partial charge in [-0.3, -0.25) is 11.3 Å². The number of rotatable bonds is 6. The summed E-state index contributed by atoms with van der Waals surface area (Å²) in [6.07, 6.45) is 3.09. The number of nitrogens with one attached hydrogen (secondary N) is 1. The van der Waals surface area contributed by atoms with Crippen LogP contribution in [0.25, 0.3) is 0 Å². The average Bonchev–Trinajstić information content (AvgIpc) is 2.45. The maximum atomic E-state index is 5.71. The molecule has 0 aromatic heterocycles. The number of hydrogen-bond donors (Lipinski definition) is 2. The molecule has 0 aliphatic carbocycles. The van der Waals surface area contributed by atoms with Gasteiger partial charge in [-0.15, -0.1) is 0 Å². The van der Waals surface area contributed by atoms with Gasteiger partial charge in [0, 0.05) is 6.04 Å². The van der Waals surface area contributed by atoms with Crippen LogP contribution in [0.5, 0.6) is 0 Å². The van der Waals surface area contributed by atoms with Crippen LogP contribution in [0, 0.1) is 13.8 Å². The monoisotopic (exact) mass is 268 g/mol. The number of hydrogen-bond acceptors (Lipinski definition) is 2. The summed E-state index contributed by atoms with van der Waals surface area (Å²) in [5.74, 6) is 5.71.